The molecule has 8 heteroatoms. The van der Waals surface area contributed by atoms with Crippen molar-refractivity contribution in [2.24, 2.45) is 0 Å². The Morgan fingerprint density at radius 1 is 1.43 bits per heavy atom. The molecule has 1 aromatic heterocycles. The van der Waals surface area contributed by atoms with Gasteiger partial charge in [0.05, 0.1) is 24.4 Å². The average molecular weight is 322 g/mol. The Labute approximate surface area is 133 Å². The molecule has 1 saturated heterocycles. The first-order chi connectivity index (χ1) is 10.9. The molecule has 0 radical (unpaired) electrons. The Bertz CT molecular complexity index is 662. The van der Waals surface area contributed by atoms with Gasteiger partial charge in [-0.15, -0.1) is 0 Å². The summed E-state index contributed by atoms with van der Waals surface area (Å²) in [6.45, 7) is 4.78. The molecule has 1 aromatic rings. The number of nitrogens with one attached hydrogen (secondary N) is 1. The zero-order valence-corrected chi connectivity index (χ0v) is 13.0. The summed E-state index contributed by atoms with van der Waals surface area (Å²) in [7, 11) is 1.56. The number of ether oxygens (including phenoxy) is 1. The number of hydrogen-bond donors (Lipinski definition) is 1. The van der Waals surface area contributed by atoms with E-state index in [1.54, 1.807) is 17.8 Å². The average Bonchev–Trinajstić information content (AvgIpc) is 2.97. The van der Waals surface area contributed by atoms with Gasteiger partial charge in [0.1, 0.15) is 0 Å². The predicted octanol–water partition coefficient (Wildman–Crippen LogP) is 0.617. The second kappa shape index (κ2) is 5.77. The number of carbonyl (C=O) groups excluding carboxylic acids is 2. The third-order valence-corrected chi connectivity index (χ3v) is 4.48. The standard InChI is InChI=1S/C15H19FN4O3/c1-10(16)14(22)19-5-3-15(4-6-19)9-20-11(8-23-15)7-12(18-20)13(21)17-2/h7H,1,3-6,8-9H2,2H3,(H,17,21). The molecule has 2 aliphatic rings. The molecule has 0 aromatic carbocycles. The molecule has 1 N–H and O–H groups in total. The maximum absolute atomic E-state index is 13.0. The topological polar surface area (TPSA) is 76.5 Å². The highest BCUT2D eigenvalue weighted by molar-refractivity contribution is 5.92. The summed E-state index contributed by atoms with van der Waals surface area (Å²) < 4.78 is 20.7. The van der Waals surface area contributed by atoms with Crippen LogP contribution in [0.25, 0.3) is 0 Å². The molecule has 7 nitrogen and oxygen atoms in total. The minimum absolute atomic E-state index is 0.233. The molecule has 3 rings (SSSR count). The SMILES string of the molecule is C=C(F)C(=O)N1CCC2(CC1)Cn1nc(C(=O)NC)cc1CO2. The number of fused-ring (bicyclic) bond motifs is 1. The minimum Gasteiger partial charge on any atom is -0.367 e. The van der Waals surface area contributed by atoms with Gasteiger partial charge in [-0.2, -0.15) is 5.10 Å². The summed E-state index contributed by atoms with van der Waals surface area (Å²) in [5.41, 5.74) is 0.794. The van der Waals surface area contributed by atoms with Crippen LogP contribution < -0.4 is 5.32 Å². The number of nitrogens with zero attached hydrogens (tertiary/aromatic N) is 3. The van der Waals surface area contributed by atoms with Gasteiger partial charge < -0.3 is 15.0 Å². The van der Waals surface area contributed by atoms with Crippen LogP contribution >= 0.6 is 0 Å². The van der Waals surface area contributed by atoms with E-state index < -0.39 is 17.3 Å². The van der Waals surface area contributed by atoms with Crippen molar-refractivity contribution in [3.63, 3.8) is 0 Å². The van der Waals surface area contributed by atoms with Crippen LogP contribution in [0.15, 0.2) is 18.5 Å². The van der Waals surface area contributed by atoms with E-state index in [9.17, 15) is 14.0 Å². The molecule has 1 fully saturated rings. The number of likely N-dealkylation sites (tertiary alicyclic amines) is 1. The van der Waals surface area contributed by atoms with E-state index in [1.807, 2.05) is 0 Å². The Hall–Kier alpha value is -2.22. The van der Waals surface area contributed by atoms with E-state index in [0.717, 1.165) is 5.69 Å². The van der Waals surface area contributed by atoms with Crippen LogP contribution in [-0.4, -0.2) is 52.2 Å². The highest BCUT2D eigenvalue weighted by Crippen LogP contribution is 2.33. The molecule has 2 amide bonds. The lowest BCUT2D eigenvalue weighted by atomic mass is 9.90. The predicted molar refractivity (Wildman–Crippen MR) is 79.2 cm³/mol. The van der Waals surface area contributed by atoms with Crippen LogP contribution in [0, 0.1) is 0 Å². The molecular weight excluding hydrogens is 303 g/mol. The molecule has 124 valence electrons. The van der Waals surface area contributed by atoms with Crippen molar-refractivity contribution in [2.75, 3.05) is 20.1 Å². The first-order valence-corrected chi connectivity index (χ1v) is 7.50. The molecule has 3 heterocycles. The Kier molecular flexibility index (Phi) is 3.93. The summed E-state index contributed by atoms with van der Waals surface area (Å²) >= 11 is 0. The smallest absolute Gasteiger partial charge is 0.281 e. The minimum atomic E-state index is -0.935. The van der Waals surface area contributed by atoms with E-state index >= 15 is 0 Å². The third-order valence-electron chi connectivity index (χ3n) is 4.48. The van der Waals surface area contributed by atoms with Crippen molar-refractivity contribution < 1.29 is 18.7 Å². The zero-order chi connectivity index (χ0) is 16.6. The molecule has 0 saturated carbocycles. The van der Waals surface area contributed by atoms with Gasteiger partial charge in [0.2, 0.25) is 0 Å². The second-order valence-corrected chi connectivity index (χ2v) is 5.93. The number of piperidine rings is 1. The molecule has 0 bridgehead atoms. The van der Waals surface area contributed by atoms with Crippen LogP contribution in [0.5, 0.6) is 0 Å². The summed E-state index contributed by atoms with van der Waals surface area (Å²) in [4.78, 5) is 24.7. The van der Waals surface area contributed by atoms with Crippen LogP contribution in [-0.2, 0) is 22.7 Å². The maximum Gasteiger partial charge on any atom is 0.281 e. The lowest BCUT2D eigenvalue weighted by molar-refractivity contribution is -0.144. The van der Waals surface area contributed by atoms with Crippen molar-refractivity contribution >= 4 is 11.8 Å². The van der Waals surface area contributed by atoms with E-state index in [1.165, 1.54) is 4.90 Å². The van der Waals surface area contributed by atoms with E-state index in [-0.39, 0.29) is 5.91 Å². The fraction of sp³-hybridized carbons (Fsp3) is 0.533. The Morgan fingerprint density at radius 2 is 2.13 bits per heavy atom. The van der Waals surface area contributed by atoms with Crippen LogP contribution in [0.2, 0.25) is 0 Å². The van der Waals surface area contributed by atoms with E-state index in [2.05, 4.69) is 17.0 Å². The number of halogens is 1. The summed E-state index contributed by atoms with van der Waals surface area (Å²) in [6, 6.07) is 1.72. The number of aromatic nitrogens is 2. The van der Waals surface area contributed by atoms with Crippen molar-refractivity contribution in [1.29, 1.82) is 0 Å². The first kappa shape index (κ1) is 15.7. The molecule has 2 aliphatic heterocycles. The van der Waals surface area contributed by atoms with Gasteiger partial charge >= 0.3 is 0 Å². The Morgan fingerprint density at radius 3 is 2.74 bits per heavy atom. The molecule has 1 spiro atoms. The van der Waals surface area contributed by atoms with Crippen LogP contribution in [0.4, 0.5) is 4.39 Å². The number of rotatable bonds is 2. The quantitative estimate of drug-likeness (QED) is 0.810. The maximum atomic E-state index is 13.0. The van der Waals surface area contributed by atoms with Gasteiger partial charge in [0.15, 0.2) is 11.5 Å². The molecular formula is C15H19FN4O3. The Balaban J connectivity index is 1.70. The van der Waals surface area contributed by atoms with Crippen molar-refractivity contribution in [3.8, 4) is 0 Å². The van der Waals surface area contributed by atoms with Gasteiger partial charge in [-0.25, -0.2) is 4.39 Å². The van der Waals surface area contributed by atoms with Gasteiger partial charge in [0, 0.05) is 20.1 Å². The number of hydrogen-bond acceptors (Lipinski definition) is 4. The van der Waals surface area contributed by atoms with Gasteiger partial charge in [-0.05, 0) is 18.9 Å². The highest BCUT2D eigenvalue weighted by Gasteiger charge is 2.41. The fourth-order valence-corrected chi connectivity index (χ4v) is 3.08. The highest BCUT2D eigenvalue weighted by atomic mass is 19.1. The van der Waals surface area contributed by atoms with Gasteiger partial charge in [0.25, 0.3) is 11.8 Å². The second-order valence-electron chi connectivity index (χ2n) is 5.93. The summed E-state index contributed by atoms with van der Waals surface area (Å²) in [6.07, 6.45) is 1.20. The van der Waals surface area contributed by atoms with Crippen molar-refractivity contribution in [1.82, 2.24) is 20.0 Å². The van der Waals surface area contributed by atoms with E-state index in [4.69, 9.17) is 4.74 Å². The monoisotopic (exact) mass is 322 g/mol. The summed E-state index contributed by atoms with van der Waals surface area (Å²) in [5, 5.41) is 6.87. The van der Waals surface area contributed by atoms with Crippen LogP contribution in [0.1, 0.15) is 29.0 Å². The van der Waals surface area contributed by atoms with Gasteiger partial charge in [-0.1, -0.05) is 6.58 Å². The largest absolute Gasteiger partial charge is 0.367 e. The number of carbonyl (C=O) groups is 2. The molecule has 0 unspecified atom stereocenters. The van der Waals surface area contributed by atoms with Gasteiger partial charge in [-0.3, -0.25) is 14.3 Å². The summed E-state index contributed by atoms with van der Waals surface area (Å²) in [5.74, 6) is -1.82. The molecule has 23 heavy (non-hydrogen) atoms. The van der Waals surface area contributed by atoms with Crippen LogP contribution in [0.3, 0.4) is 0 Å². The van der Waals surface area contributed by atoms with Crippen molar-refractivity contribution in [3.05, 3.63) is 29.9 Å². The number of amides is 2. The zero-order valence-electron chi connectivity index (χ0n) is 13.0. The molecule has 0 atom stereocenters. The molecule has 0 aliphatic carbocycles. The third kappa shape index (κ3) is 2.86. The lowest BCUT2D eigenvalue weighted by Gasteiger charge is -2.43. The fourth-order valence-electron chi connectivity index (χ4n) is 3.08. The normalized spacial score (nSPS) is 19.3. The lowest BCUT2D eigenvalue weighted by Crippen LogP contribution is -2.52. The van der Waals surface area contributed by atoms with Crippen molar-refractivity contribution in [2.45, 2.75) is 31.6 Å². The first-order valence-electron chi connectivity index (χ1n) is 7.50. The van der Waals surface area contributed by atoms with E-state index in [0.29, 0.717) is 44.8 Å².